The van der Waals surface area contributed by atoms with E-state index in [0.29, 0.717) is 0 Å². The Morgan fingerprint density at radius 2 is 1.66 bits per heavy atom. The van der Waals surface area contributed by atoms with Gasteiger partial charge in [-0.25, -0.2) is 0 Å². The van der Waals surface area contributed by atoms with E-state index in [1.807, 2.05) is 18.2 Å². The molecule has 2 heterocycles. The number of anilines is 2. The molecule has 5 nitrogen and oxygen atoms in total. The molecule has 29 heavy (non-hydrogen) atoms. The smallest absolute Gasteiger partial charge is 0.253 e. The summed E-state index contributed by atoms with van der Waals surface area (Å²) in [6.07, 6.45) is 4.34. The average Bonchev–Trinajstić information content (AvgIpc) is 3.29. The van der Waals surface area contributed by atoms with Gasteiger partial charge >= 0.3 is 0 Å². The highest BCUT2D eigenvalue weighted by Gasteiger charge is 2.24. The molecule has 2 aliphatic rings. The lowest BCUT2D eigenvalue weighted by molar-refractivity contribution is 0.0931. The number of carbonyl (C=O) groups is 1. The Bertz CT molecular complexity index is 836. The van der Waals surface area contributed by atoms with Crippen molar-refractivity contribution >= 4 is 17.3 Å². The molecule has 0 radical (unpaired) electrons. The maximum atomic E-state index is 13.1. The molecular formula is C24H31N3O2. The zero-order valence-corrected chi connectivity index (χ0v) is 17.5. The molecule has 0 spiro atoms. The van der Waals surface area contributed by atoms with Crippen LogP contribution in [-0.2, 0) is 0 Å². The van der Waals surface area contributed by atoms with Crippen molar-refractivity contribution in [2.45, 2.75) is 38.6 Å². The number of amides is 1. The lowest BCUT2D eigenvalue weighted by Gasteiger charge is -2.34. The van der Waals surface area contributed by atoms with Gasteiger partial charge in [-0.15, -0.1) is 0 Å². The van der Waals surface area contributed by atoms with Gasteiger partial charge in [0.1, 0.15) is 5.75 Å². The highest BCUT2D eigenvalue weighted by Crippen LogP contribution is 2.27. The number of aryl methyl sites for hydroxylation is 1. The minimum atomic E-state index is 0.0681. The van der Waals surface area contributed by atoms with Crippen molar-refractivity contribution in [2.24, 2.45) is 0 Å². The van der Waals surface area contributed by atoms with E-state index in [4.69, 9.17) is 4.74 Å². The van der Waals surface area contributed by atoms with E-state index in [1.165, 1.54) is 18.5 Å². The summed E-state index contributed by atoms with van der Waals surface area (Å²) < 4.78 is 5.24. The molecule has 0 atom stereocenters. The van der Waals surface area contributed by atoms with Gasteiger partial charge < -0.3 is 19.9 Å². The predicted octanol–water partition coefficient (Wildman–Crippen LogP) is 4.00. The summed E-state index contributed by atoms with van der Waals surface area (Å²) in [6, 6.07) is 14.7. The summed E-state index contributed by atoms with van der Waals surface area (Å²) in [5, 5.41) is 3.30. The van der Waals surface area contributed by atoms with Gasteiger partial charge in [0, 0.05) is 43.6 Å². The fourth-order valence-corrected chi connectivity index (χ4v) is 4.40. The number of hydrogen-bond acceptors (Lipinski definition) is 4. The molecule has 2 aromatic rings. The third-order valence-corrected chi connectivity index (χ3v) is 6.11. The van der Waals surface area contributed by atoms with Crippen LogP contribution in [0.3, 0.4) is 0 Å². The number of piperidine rings is 1. The molecule has 2 aliphatic heterocycles. The molecule has 2 fully saturated rings. The second kappa shape index (κ2) is 8.76. The van der Waals surface area contributed by atoms with E-state index in [9.17, 15) is 4.79 Å². The van der Waals surface area contributed by atoms with E-state index >= 15 is 0 Å². The van der Waals surface area contributed by atoms with E-state index in [1.54, 1.807) is 7.11 Å². The molecule has 0 saturated carbocycles. The number of hydrogen-bond donors (Lipinski definition) is 1. The van der Waals surface area contributed by atoms with Crippen LogP contribution in [-0.4, -0.2) is 45.2 Å². The first-order chi connectivity index (χ1) is 14.1. The van der Waals surface area contributed by atoms with Crippen molar-refractivity contribution in [3.63, 3.8) is 0 Å². The predicted molar refractivity (Wildman–Crippen MR) is 118 cm³/mol. The van der Waals surface area contributed by atoms with Gasteiger partial charge in [-0.2, -0.15) is 0 Å². The average molecular weight is 394 g/mol. The largest absolute Gasteiger partial charge is 0.497 e. The molecule has 0 aliphatic carbocycles. The number of rotatable bonds is 5. The van der Waals surface area contributed by atoms with Gasteiger partial charge in [-0.05, 0) is 69.0 Å². The number of nitrogens with zero attached hydrogens (tertiary/aromatic N) is 2. The zero-order chi connectivity index (χ0) is 20.2. The van der Waals surface area contributed by atoms with Crippen LogP contribution in [0.1, 0.15) is 41.6 Å². The number of carbonyl (C=O) groups excluding carboxylic acids is 1. The van der Waals surface area contributed by atoms with Crippen LogP contribution < -0.4 is 19.9 Å². The Kier molecular flexibility index (Phi) is 5.93. The molecule has 2 saturated heterocycles. The maximum Gasteiger partial charge on any atom is 0.253 e. The second-order valence-corrected chi connectivity index (χ2v) is 8.15. The highest BCUT2D eigenvalue weighted by atomic mass is 16.5. The Labute approximate surface area is 173 Å². The van der Waals surface area contributed by atoms with Crippen molar-refractivity contribution in [1.82, 2.24) is 5.32 Å². The van der Waals surface area contributed by atoms with Gasteiger partial charge in [0.2, 0.25) is 0 Å². The third kappa shape index (κ3) is 4.50. The van der Waals surface area contributed by atoms with Crippen molar-refractivity contribution in [3.8, 4) is 5.75 Å². The maximum absolute atomic E-state index is 13.1. The summed E-state index contributed by atoms with van der Waals surface area (Å²) in [7, 11) is 1.69. The topological polar surface area (TPSA) is 44.8 Å². The Morgan fingerprint density at radius 1 is 0.966 bits per heavy atom. The van der Waals surface area contributed by atoms with Gasteiger partial charge in [-0.1, -0.05) is 11.6 Å². The summed E-state index contributed by atoms with van der Waals surface area (Å²) >= 11 is 0. The van der Waals surface area contributed by atoms with Crippen LogP contribution in [0, 0.1) is 6.92 Å². The summed E-state index contributed by atoms with van der Waals surface area (Å²) in [5.74, 6) is 0.946. The van der Waals surface area contributed by atoms with Gasteiger partial charge in [0.05, 0.1) is 12.7 Å². The van der Waals surface area contributed by atoms with Crippen molar-refractivity contribution in [2.75, 3.05) is 43.1 Å². The summed E-state index contributed by atoms with van der Waals surface area (Å²) in [5.41, 5.74) is 4.25. The van der Waals surface area contributed by atoms with E-state index < -0.39 is 0 Å². The number of methoxy groups -OCH3 is 1. The molecule has 154 valence electrons. The highest BCUT2D eigenvalue weighted by molar-refractivity contribution is 6.00. The fourth-order valence-electron chi connectivity index (χ4n) is 4.40. The normalized spacial score (nSPS) is 17.4. The molecule has 2 aromatic carbocycles. The molecule has 4 rings (SSSR count). The Balaban J connectivity index is 1.38. The van der Waals surface area contributed by atoms with Crippen LogP contribution in [0.4, 0.5) is 11.4 Å². The second-order valence-electron chi connectivity index (χ2n) is 8.15. The first-order valence-corrected chi connectivity index (χ1v) is 10.7. The quantitative estimate of drug-likeness (QED) is 0.834. The minimum absolute atomic E-state index is 0.0681. The fraction of sp³-hybridized carbons (Fsp3) is 0.458. The van der Waals surface area contributed by atoms with Gasteiger partial charge in [0.25, 0.3) is 5.91 Å². The molecule has 0 bridgehead atoms. The summed E-state index contributed by atoms with van der Waals surface area (Å²) in [4.78, 5) is 17.8. The van der Waals surface area contributed by atoms with Crippen LogP contribution >= 0.6 is 0 Å². The standard InChI is InChI=1S/C24H31N3O2/c1-18-5-10-23(27-13-3-4-14-27)22(17-18)24(28)25-19-11-15-26(16-12-19)20-6-8-21(29-2)9-7-20/h5-10,17,19H,3-4,11-16H2,1-2H3,(H,25,28). The van der Waals surface area contributed by atoms with E-state index in [-0.39, 0.29) is 11.9 Å². The molecule has 5 heteroatoms. The lowest BCUT2D eigenvalue weighted by Crippen LogP contribution is -2.45. The first kappa shape index (κ1) is 19.6. The Morgan fingerprint density at radius 3 is 2.31 bits per heavy atom. The van der Waals surface area contributed by atoms with Gasteiger partial charge in [-0.3, -0.25) is 4.79 Å². The van der Waals surface area contributed by atoms with Crippen LogP contribution in [0.15, 0.2) is 42.5 Å². The number of ether oxygens (including phenoxy) is 1. The Hall–Kier alpha value is -2.69. The minimum Gasteiger partial charge on any atom is -0.497 e. The molecular weight excluding hydrogens is 362 g/mol. The SMILES string of the molecule is COc1ccc(N2CCC(NC(=O)c3cc(C)ccc3N3CCCC3)CC2)cc1. The van der Waals surface area contributed by atoms with Crippen LogP contribution in [0.25, 0.3) is 0 Å². The molecule has 0 aromatic heterocycles. The monoisotopic (exact) mass is 393 g/mol. The lowest BCUT2D eigenvalue weighted by atomic mass is 10.0. The van der Waals surface area contributed by atoms with Crippen molar-refractivity contribution in [3.05, 3.63) is 53.6 Å². The summed E-state index contributed by atoms with van der Waals surface area (Å²) in [6.45, 7) is 6.04. The third-order valence-electron chi connectivity index (χ3n) is 6.11. The van der Waals surface area contributed by atoms with Crippen LogP contribution in [0.5, 0.6) is 5.75 Å². The molecule has 0 unspecified atom stereocenters. The van der Waals surface area contributed by atoms with Crippen molar-refractivity contribution < 1.29 is 9.53 Å². The van der Waals surface area contributed by atoms with Gasteiger partial charge in [0.15, 0.2) is 0 Å². The molecule has 1 amide bonds. The van der Waals surface area contributed by atoms with E-state index in [2.05, 4.69) is 46.3 Å². The van der Waals surface area contributed by atoms with Crippen molar-refractivity contribution in [1.29, 1.82) is 0 Å². The molecule has 1 N–H and O–H groups in total. The van der Waals surface area contributed by atoms with Crippen LogP contribution in [0.2, 0.25) is 0 Å². The number of benzene rings is 2. The first-order valence-electron chi connectivity index (χ1n) is 10.7. The zero-order valence-electron chi connectivity index (χ0n) is 17.5. The number of nitrogens with one attached hydrogen (secondary N) is 1. The van der Waals surface area contributed by atoms with E-state index in [0.717, 1.165) is 61.6 Å².